The van der Waals surface area contributed by atoms with Crippen molar-refractivity contribution >= 4 is 0 Å². The molecule has 4 rings (SSSR count). The number of ether oxygens (including phenoxy) is 1. The Morgan fingerprint density at radius 1 is 0.455 bits per heavy atom. The smallest absolute Gasteiger partial charge is 0.0727 e. The van der Waals surface area contributed by atoms with E-state index in [1.807, 2.05) is 12.2 Å². The second kappa shape index (κ2) is 11.3. The fourth-order valence-electron chi connectivity index (χ4n) is 4.32. The third kappa shape index (κ3) is 5.39. The predicted molar refractivity (Wildman–Crippen MR) is 140 cm³/mol. The SMILES string of the molecule is C=CCc1ccccc1-c1ccccc1COCc1ccccc1-c1ccccc1CC=C. The van der Waals surface area contributed by atoms with Crippen molar-refractivity contribution in [3.05, 3.63) is 145 Å². The molecule has 1 heteroatoms. The van der Waals surface area contributed by atoms with Crippen LogP contribution in [0.3, 0.4) is 0 Å². The van der Waals surface area contributed by atoms with Gasteiger partial charge in [-0.2, -0.15) is 0 Å². The van der Waals surface area contributed by atoms with E-state index in [4.69, 9.17) is 4.74 Å². The minimum absolute atomic E-state index is 0.557. The highest BCUT2D eigenvalue weighted by molar-refractivity contribution is 5.72. The van der Waals surface area contributed by atoms with Crippen LogP contribution in [0.25, 0.3) is 22.3 Å². The normalized spacial score (nSPS) is 10.7. The van der Waals surface area contributed by atoms with E-state index < -0.39 is 0 Å². The molecule has 0 aliphatic rings. The Hall–Kier alpha value is -3.68. The van der Waals surface area contributed by atoms with Gasteiger partial charge in [0.1, 0.15) is 0 Å². The molecule has 0 heterocycles. The Bertz CT molecular complexity index is 1140. The third-order valence-corrected chi connectivity index (χ3v) is 5.89. The van der Waals surface area contributed by atoms with Crippen molar-refractivity contribution in [1.29, 1.82) is 0 Å². The Labute approximate surface area is 197 Å². The van der Waals surface area contributed by atoms with Gasteiger partial charge < -0.3 is 4.74 Å². The predicted octanol–water partition coefficient (Wildman–Crippen LogP) is 8.19. The number of allylic oxidation sites excluding steroid dienone is 2. The summed E-state index contributed by atoms with van der Waals surface area (Å²) in [6, 6.07) is 34.1. The first-order valence-corrected chi connectivity index (χ1v) is 11.4. The van der Waals surface area contributed by atoms with Crippen LogP contribution >= 0.6 is 0 Å². The lowest BCUT2D eigenvalue weighted by atomic mass is 9.94. The van der Waals surface area contributed by atoms with E-state index in [0.29, 0.717) is 13.2 Å². The summed E-state index contributed by atoms with van der Waals surface area (Å²) in [5, 5.41) is 0. The maximum Gasteiger partial charge on any atom is 0.0727 e. The monoisotopic (exact) mass is 430 g/mol. The summed E-state index contributed by atoms with van der Waals surface area (Å²) in [5.41, 5.74) is 9.88. The molecule has 4 aromatic rings. The van der Waals surface area contributed by atoms with Gasteiger partial charge in [0.2, 0.25) is 0 Å². The highest BCUT2D eigenvalue weighted by Gasteiger charge is 2.11. The van der Waals surface area contributed by atoms with Crippen LogP contribution in [0.5, 0.6) is 0 Å². The molecule has 0 radical (unpaired) electrons. The lowest BCUT2D eigenvalue weighted by Crippen LogP contribution is -2.00. The third-order valence-electron chi connectivity index (χ3n) is 5.89. The van der Waals surface area contributed by atoms with Crippen molar-refractivity contribution in [2.45, 2.75) is 26.1 Å². The van der Waals surface area contributed by atoms with Crippen LogP contribution in [0, 0.1) is 0 Å². The van der Waals surface area contributed by atoms with E-state index in [1.54, 1.807) is 0 Å². The van der Waals surface area contributed by atoms with Crippen LogP contribution < -0.4 is 0 Å². The minimum atomic E-state index is 0.557. The topological polar surface area (TPSA) is 9.23 Å². The summed E-state index contributed by atoms with van der Waals surface area (Å²) < 4.78 is 6.29. The van der Waals surface area contributed by atoms with Crippen molar-refractivity contribution in [3.8, 4) is 22.3 Å². The largest absolute Gasteiger partial charge is 0.372 e. The second-order valence-electron chi connectivity index (χ2n) is 8.11. The fraction of sp³-hybridized carbons (Fsp3) is 0.125. The zero-order chi connectivity index (χ0) is 22.9. The molecule has 0 aliphatic heterocycles. The molecule has 164 valence electrons. The van der Waals surface area contributed by atoms with Crippen molar-refractivity contribution in [2.24, 2.45) is 0 Å². The summed E-state index contributed by atoms with van der Waals surface area (Å²) >= 11 is 0. The van der Waals surface area contributed by atoms with E-state index in [-0.39, 0.29) is 0 Å². The van der Waals surface area contributed by atoms with E-state index in [9.17, 15) is 0 Å². The second-order valence-corrected chi connectivity index (χ2v) is 8.11. The van der Waals surface area contributed by atoms with Gasteiger partial charge >= 0.3 is 0 Å². The number of hydrogen-bond donors (Lipinski definition) is 0. The molecule has 0 fully saturated rings. The minimum Gasteiger partial charge on any atom is -0.372 e. The first-order chi connectivity index (χ1) is 16.3. The van der Waals surface area contributed by atoms with Gasteiger partial charge in [-0.1, -0.05) is 109 Å². The Morgan fingerprint density at radius 3 is 1.12 bits per heavy atom. The van der Waals surface area contributed by atoms with Gasteiger partial charge in [-0.15, -0.1) is 13.2 Å². The van der Waals surface area contributed by atoms with Crippen LogP contribution in [-0.4, -0.2) is 0 Å². The molecule has 4 aromatic carbocycles. The van der Waals surface area contributed by atoms with Gasteiger partial charge in [0.05, 0.1) is 13.2 Å². The molecule has 0 unspecified atom stereocenters. The average Bonchev–Trinajstić information content (AvgIpc) is 2.86. The number of rotatable bonds is 10. The van der Waals surface area contributed by atoms with E-state index in [1.165, 1.54) is 44.5 Å². The lowest BCUT2D eigenvalue weighted by Gasteiger charge is -2.16. The van der Waals surface area contributed by atoms with Crippen LogP contribution in [0.15, 0.2) is 122 Å². The average molecular weight is 431 g/mol. The summed E-state index contributed by atoms with van der Waals surface area (Å²) in [6.07, 6.45) is 5.61. The van der Waals surface area contributed by atoms with Crippen molar-refractivity contribution < 1.29 is 4.74 Å². The number of hydrogen-bond acceptors (Lipinski definition) is 1. The molecule has 0 N–H and O–H groups in total. The van der Waals surface area contributed by atoms with Crippen molar-refractivity contribution in [1.82, 2.24) is 0 Å². The highest BCUT2D eigenvalue weighted by atomic mass is 16.5. The summed E-state index contributed by atoms with van der Waals surface area (Å²) in [6.45, 7) is 8.95. The Balaban J connectivity index is 1.56. The summed E-state index contributed by atoms with van der Waals surface area (Å²) in [4.78, 5) is 0. The molecule has 0 aliphatic carbocycles. The van der Waals surface area contributed by atoms with Crippen LogP contribution in [0.2, 0.25) is 0 Å². The molecular formula is C32H30O. The van der Waals surface area contributed by atoms with Gasteiger partial charge in [0, 0.05) is 0 Å². The highest BCUT2D eigenvalue weighted by Crippen LogP contribution is 2.30. The molecule has 1 nitrogen and oxygen atoms in total. The van der Waals surface area contributed by atoms with Crippen LogP contribution in [0.1, 0.15) is 22.3 Å². The maximum absolute atomic E-state index is 6.29. The standard InChI is InChI=1S/C32H30O/c1-3-13-25-15-5-9-19-29(25)31-21-11-7-17-27(31)23-33-24-28-18-8-12-22-32(28)30-20-10-6-16-26(30)14-4-2/h3-12,15-22H,1-2,13-14,23-24H2. The molecule has 0 spiro atoms. The van der Waals surface area contributed by atoms with Gasteiger partial charge in [0.15, 0.2) is 0 Å². The van der Waals surface area contributed by atoms with Gasteiger partial charge in [-0.3, -0.25) is 0 Å². The first kappa shape index (κ1) is 22.5. The zero-order valence-corrected chi connectivity index (χ0v) is 19.0. The van der Waals surface area contributed by atoms with Gasteiger partial charge in [-0.25, -0.2) is 0 Å². The molecule has 0 bridgehead atoms. The van der Waals surface area contributed by atoms with Crippen LogP contribution in [-0.2, 0) is 30.8 Å². The molecular weight excluding hydrogens is 400 g/mol. The molecule has 0 atom stereocenters. The van der Waals surface area contributed by atoms with Crippen molar-refractivity contribution in [2.75, 3.05) is 0 Å². The van der Waals surface area contributed by atoms with Gasteiger partial charge in [-0.05, 0) is 57.3 Å². The Kier molecular flexibility index (Phi) is 7.68. The van der Waals surface area contributed by atoms with Crippen LogP contribution in [0.4, 0.5) is 0 Å². The van der Waals surface area contributed by atoms with E-state index >= 15 is 0 Å². The van der Waals surface area contributed by atoms with E-state index in [0.717, 1.165) is 12.8 Å². The maximum atomic E-state index is 6.29. The lowest BCUT2D eigenvalue weighted by molar-refractivity contribution is 0.108. The fourth-order valence-corrected chi connectivity index (χ4v) is 4.32. The summed E-state index contributed by atoms with van der Waals surface area (Å²) in [5.74, 6) is 0. The Morgan fingerprint density at radius 2 is 0.758 bits per heavy atom. The molecule has 33 heavy (non-hydrogen) atoms. The molecule has 0 saturated heterocycles. The summed E-state index contributed by atoms with van der Waals surface area (Å²) in [7, 11) is 0. The van der Waals surface area contributed by atoms with Gasteiger partial charge in [0.25, 0.3) is 0 Å². The molecule has 0 aromatic heterocycles. The first-order valence-electron chi connectivity index (χ1n) is 11.4. The van der Waals surface area contributed by atoms with Crippen molar-refractivity contribution in [3.63, 3.8) is 0 Å². The molecule has 0 saturated carbocycles. The van der Waals surface area contributed by atoms with E-state index in [2.05, 4.69) is 110 Å². The number of benzene rings is 4. The molecule has 0 amide bonds. The quantitative estimate of drug-likeness (QED) is 0.230. The zero-order valence-electron chi connectivity index (χ0n) is 19.0.